The highest BCUT2D eigenvalue weighted by molar-refractivity contribution is 5.36. The van der Waals surface area contributed by atoms with Gasteiger partial charge in [0, 0.05) is 11.6 Å². The Bertz CT molecular complexity index is 664. The third-order valence-corrected chi connectivity index (χ3v) is 4.48. The number of alkyl halides is 3. The molecule has 1 heterocycles. The predicted molar refractivity (Wildman–Crippen MR) is 77.6 cm³/mol. The van der Waals surface area contributed by atoms with Crippen molar-refractivity contribution in [2.45, 2.75) is 36.6 Å². The van der Waals surface area contributed by atoms with E-state index in [1.165, 1.54) is 12.1 Å². The van der Waals surface area contributed by atoms with Crippen LogP contribution >= 0.6 is 0 Å². The van der Waals surface area contributed by atoms with E-state index in [2.05, 4.69) is 4.98 Å². The minimum absolute atomic E-state index is 0.288. The lowest BCUT2D eigenvalue weighted by atomic mass is 9.59. The average molecular weight is 323 g/mol. The molecule has 0 unspecified atom stereocenters. The van der Waals surface area contributed by atoms with Crippen LogP contribution < -0.4 is 0 Å². The first-order chi connectivity index (χ1) is 10.8. The molecule has 1 atom stereocenters. The molecule has 0 aliphatic heterocycles. The molecule has 1 fully saturated rings. The highest BCUT2D eigenvalue weighted by Gasteiger charge is 2.51. The quantitative estimate of drug-likeness (QED) is 0.912. The summed E-state index contributed by atoms with van der Waals surface area (Å²) in [5.74, 6) is 0. The summed E-state index contributed by atoms with van der Waals surface area (Å²) in [6.07, 6.45) is -3.83. The summed E-state index contributed by atoms with van der Waals surface area (Å²) in [7, 11) is 0. The lowest BCUT2D eigenvalue weighted by Crippen LogP contribution is -2.49. The Morgan fingerprint density at radius 1 is 1.09 bits per heavy atom. The van der Waals surface area contributed by atoms with E-state index in [9.17, 15) is 23.4 Å². The van der Waals surface area contributed by atoms with Crippen molar-refractivity contribution in [2.75, 3.05) is 0 Å². The number of hydrogen-bond donors (Lipinski definition) is 2. The van der Waals surface area contributed by atoms with Crippen LogP contribution in [0.25, 0.3) is 0 Å². The Labute approximate surface area is 131 Å². The average Bonchev–Trinajstić information content (AvgIpc) is 2.51. The summed E-state index contributed by atoms with van der Waals surface area (Å²) in [6.45, 7) is 0. The van der Waals surface area contributed by atoms with Crippen molar-refractivity contribution in [1.29, 1.82) is 0 Å². The van der Waals surface area contributed by atoms with Crippen LogP contribution in [0.1, 0.15) is 35.8 Å². The maximum atomic E-state index is 12.7. The Morgan fingerprint density at radius 3 is 2.22 bits per heavy atom. The van der Waals surface area contributed by atoms with Gasteiger partial charge in [-0.15, -0.1) is 0 Å². The first-order valence-corrected chi connectivity index (χ1v) is 7.28. The standard InChI is InChI=1S/C17H16F3NO2/c18-17(19,20)12-6-4-11(5-7-12)16(9-13(22)10-16)15(23)14-3-1-2-8-21-14/h1-8,13,15,22-23H,9-10H2/t13?,15-,16?/m0/s1. The van der Waals surface area contributed by atoms with E-state index in [1.807, 2.05) is 0 Å². The van der Waals surface area contributed by atoms with Crippen molar-refractivity contribution in [1.82, 2.24) is 4.98 Å². The second-order valence-corrected chi connectivity index (χ2v) is 5.95. The van der Waals surface area contributed by atoms with Crippen LogP contribution in [0.3, 0.4) is 0 Å². The van der Waals surface area contributed by atoms with E-state index in [1.54, 1.807) is 24.4 Å². The van der Waals surface area contributed by atoms with E-state index >= 15 is 0 Å². The van der Waals surface area contributed by atoms with E-state index in [0.717, 1.165) is 12.1 Å². The van der Waals surface area contributed by atoms with Crippen molar-refractivity contribution in [2.24, 2.45) is 0 Å². The van der Waals surface area contributed by atoms with Crippen molar-refractivity contribution >= 4 is 0 Å². The maximum Gasteiger partial charge on any atom is 0.416 e. The van der Waals surface area contributed by atoms with Crippen molar-refractivity contribution in [3.8, 4) is 0 Å². The lowest BCUT2D eigenvalue weighted by Gasteiger charge is -2.48. The van der Waals surface area contributed by atoms with Gasteiger partial charge in [0.15, 0.2) is 0 Å². The number of aromatic nitrogens is 1. The SMILES string of the molecule is OC1CC(c2ccc(C(F)(F)F)cc2)([C@@H](O)c2ccccn2)C1. The fourth-order valence-electron chi connectivity index (χ4n) is 3.21. The summed E-state index contributed by atoms with van der Waals surface area (Å²) in [5, 5.41) is 20.4. The fourth-order valence-corrected chi connectivity index (χ4v) is 3.21. The summed E-state index contributed by atoms with van der Waals surface area (Å²) >= 11 is 0. The first kappa shape index (κ1) is 16.0. The van der Waals surface area contributed by atoms with Crippen LogP contribution in [0.2, 0.25) is 0 Å². The molecule has 0 saturated heterocycles. The molecule has 122 valence electrons. The Kier molecular flexibility index (Phi) is 3.90. The number of aliphatic hydroxyl groups is 2. The van der Waals surface area contributed by atoms with Crippen molar-refractivity contribution in [3.63, 3.8) is 0 Å². The van der Waals surface area contributed by atoms with Gasteiger partial charge in [-0.1, -0.05) is 18.2 Å². The van der Waals surface area contributed by atoms with Gasteiger partial charge in [0.1, 0.15) is 6.10 Å². The fraction of sp³-hybridized carbons (Fsp3) is 0.353. The number of pyridine rings is 1. The molecule has 6 heteroatoms. The number of hydrogen-bond acceptors (Lipinski definition) is 3. The Balaban J connectivity index is 1.95. The molecule has 2 N–H and O–H groups in total. The second-order valence-electron chi connectivity index (χ2n) is 5.95. The molecule has 1 saturated carbocycles. The minimum atomic E-state index is -4.40. The molecule has 1 aliphatic carbocycles. The number of rotatable bonds is 3. The topological polar surface area (TPSA) is 53.4 Å². The molecule has 0 radical (unpaired) electrons. The van der Waals surface area contributed by atoms with Crippen LogP contribution in [0, 0.1) is 0 Å². The molecule has 3 nitrogen and oxygen atoms in total. The van der Waals surface area contributed by atoms with E-state index in [0.29, 0.717) is 11.3 Å². The Morgan fingerprint density at radius 2 is 1.74 bits per heavy atom. The van der Waals surface area contributed by atoms with Gasteiger partial charge in [-0.2, -0.15) is 13.2 Å². The van der Waals surface area contributed by atoms with Gasteiger partial charge in [0.2, 0.25) is 0 Å². The minimum Gasteiger partial charge on any atom is -0.393 e. The molecular weight excluding hydrogens is 307 g/mol. The second kappa shape index (κ2) is 5.62. The van der Waals surface area contributed by atoms with Gasteiger partial charge >= 0.3 is 6.18 Å². The maximum absolute atomic E-state index is 12.7. The molecule has 3 rings (SSSR count). The van der Waals surface area contributed by atoms with E-state index in [-0.39, 0.29) is 12.8 Å². The van der Waals surface area contributed by atoms with Crippen LogP contribution in [0.15, 0.2) is 48.7 Å². The van der Waals surface area contributed by atoms with E-state index in [4.69, 9.17) is 0 Å². The molecule has 0 amide bonds. The normalized spacial score (nSPS) is 25.7. The lowest BCUT2D eigenvalue weighted by molar-refractivity contribution is -0.137. The molecule has 0 bridgehead atoms. The largest absolute Gasteiger partial charge is 0.416 e. The van der Waals surface area contributed by atoms with Gasteiger partial charge in [0.05, 0.1) is 17.4 Å². The summed E-state index contributed by atoms with van der Waals surface area (Å²) in [5.41, 5.74) is -0.519. The van der Waals surface area contributed by atoms with Crippen molar-refractivity contribution < 1.29 is 23.4 Å². The zero-order chi connectivity index (χ0) is 16.7. The van der Waals surface area contributed by atoms with Gasteiger partial charge in [-0.3, -0.25) is 4.98 Å². The summed E-state index contributed by atoms with van der Waals surface area (Å²) in [6, 6.07) is 9.89. The highest BCUT2D eigenvalue weighted by Crippen LogP contribution is 2.52. The molecule has 1 aromatic carbocycles. The smallest absolute Gasteiger partial charge is 0.393 e. The monoisotopic (exact) mass is 323 g/mol. The number of halogens is 3. The predicted octanol–water partition coefficient (Wildman–Crippen LogP) is 3.23. The van der Waals surface area contributed by atoms with Gasteiger partial charge in [-0.05, 0) is 42.7 Å². The molecule has 23 heavy (non-hydrogen) atoms. The number of nitrogens with zero attached hydrogens (tertiary/aromatic N) is 1. The Hall–Kier alpha value is -1.92. The first-order valence-electron chi connectivity index (χ1n) is 7.28. The summed E-state index contributed by atoms with van der Waals surface area (Å²) in [4.78, 5) is 4.12. The van der Waals surface area contributed by atoms with Gasteiger partial charge in [0.25, 0.3) is 0 Å². The van der Waals surface area contributed by atoms with Crippen LogP contribution in [0.5, 0.6) is 0 Å². The zero-order valence-corrected chi connectivity index (χ0v) is 12.2. The third kappa shape index (κ3) is 2.84. The molecular formula is C17H16F3NO2. The van der Waals surface area contributed by atoms with Crippen LogP contribution in [0.4, 0.5) is 13.2 Å². The van der Waals surface area contributed by atoms with E-state index < -0.39 is 29.4 Å². The summed E-state index contributed by atoms with van der Waals surface area (Å²) < 4.78 is 38.1. The molecule has 1 aliphatic rings. The van der Waals surface area contributed by atoms with Gasteiger partial charge < -0.3 is 10.2 Å². The zero-order valence-electron chi connectivity index (χ0n) is 12.2. The van der Waals surface area contributed by atoms with Crippen LogP contribution in [-0.2, 0) is 11.6 Å². The molecule has 2 aromatic rings. The number of benzene rings is 1. The van der Waals surface area contributed by atoms with Crippen molar-refractivity contribution in [3.05, 3.63) is 65.5 Å². The van der Waals surface area contributed by atoms with Crippen LogP contribution in [-0.4, -0.2) is 21.3 Å². The highest BCUT2D eigenvalue weighted by atomic mass is 19.4. The number of aliphatic hydroxyl groups excluding tert-OH is 2. The molecule has 0 spiro atoms. The molecule has 1 aromatic heterocycles. The van der Waals surface area contributed by atoms with Gasteiger partial charge in [-0.25, -0.2) is 0 Å². The third-order valence-electron chi connectivity index (χ3n) is 4.48.